The van der Waals surface area contributed by atoms with Gasteiger partial charge >= 0.3 is 0 Å². The number of amides is 2. The van der Waals surface area contributed by atoms with Crippen LogP contribution in [0.3, 0.4) is 0 Å². The van der Waals surface area contributed by atoms with E-state index in [-0.39, 0.29) is 18.2 Å². The molecule has 0 aliphatic carbocycles. The number of fused-ring (bicyclic) bond motifs is 1. The van der Waals surface area contributed by atoms with Gasteiger partial charge in [-0.15, -0.1) is 0 Å². The number of aryl methyl sites for hydroxylation is 2. The predicted molar refractivity (Wildman–Crippen MR) is 81.3 cm³/mol. The standard InChI is InChI=1S/C15H17N5O2/c1-9-3-5-12(6-4-9)17-13(21)7-11-8-20-15(18-14(11)22)16-10(2)19-20/h3-6,11H,7-8H2,1-2H3,(H,17,21)(H,16,18,19,22)/t11-/m1/s1. The van der Waals surface area contributed by atoms with Crippen LogP contribution in [0.15, 0.2) is 24.3 Å². The lowest BCUT2D eigenvalue weighted by Crippen LogP contribution is -2.36. The van der Waals surface area contributed by atoms with E-state index in [0.29, 0.717) is 18.3 Å². The minimum absolute atomic E-state index is 0.109. The maximum Gasteiger partial charge on any atom is 0.232 e. The van der Waals surface area contributed by atoms with Crippen LogP contribution in [0, 0.1) is 19.8 Å². The number of hydrogen-bond acceptors (Lipinski definition) is 4. The van der Waals surface area contributed by atoms with Gasteiger partial charge in [-0.2, -0.15) is 10.1 Å². The van der Waals surface area contributed by atoms with Gasteiger partial charge in [0.25, 0.3) is 0 Å². The molecule has 2 heterocycles. The minimum atomic E-state index is -0.445. The summed E-state index contributed by atoms with van der Waals surface area (Å²) in [5.74, 6) is 0.208. The second-order valence-electron chi connectivity index (χ2n) is 5.47. The average molecular weight is 299 g/mol. The van der Waals surface area contributed by atoms with E-state index < -0.39 is 5.92 Å². The first kappa shape index (κ1) is 14.2. The van der Waals surface area contributed by atoms with Crippen molar-refractivity contribution in [3.8, 4) is 0 Å². The van der Waals surface area contributed by atoms with Crippen molar-refractivity contribution in [2.45, 2.75) is 26.8 Å². The number of carbonyl (C=O) groups is 2. The number of rotatable bonds is 3. The second-order valence-corrected chi connectivity index (χ2v) is 5.47. The van der Waals surface area contributed by atoms with Crippen molar-refractivity contribution in [3.63, 3.8) is 0 Å². The molecular formula is C15H17N5O2. The highest BCUT2D eigenvalue weighted by Crippen LogP contribution is 2.20. The smallest absolute Gasteiger partial charge is 0.232 e. The van der Waals surface area contributed by atoms with Gasteiger partial charge in [0, 0.05) is 12.1 Å². The predicted octanol–water partition coefficient (Wildman–Crippen LogP) is 1.49. The number of benzene rings is 1. The highest BCUT2D eigenvalue weighted by Gasteiger charge is 2.29. The van der Waals surface area contributed by atoms with Crippen LogP contribution in [-0.2, 0) is 16.1 Å². The van der Waals surface area contributed by atoms with Gasteiger partial charge in [0.15, 0.2) is 0 Å². The summed E-state index contributed by atoms with van der Waals surface area (Å²) in [5.41, 5.74) is 1.85. The fourth-order valence-electron chi connectivity index (χ4n) is 2.41. The Kier molecular flexibility index (Phi) is 3.62. The third-order valence-electron chi connectivity index (χ3n) is 3.54. The zero-order valence-corrected chi connectivity index (χ0v) is 12.5. The van der Waals surface area contributed by atoms with Gasteiger partial charge < -0.3 is 5.32 Å². The van der Waals surface area contributed by atoms with Gasteiger partial charge in [0.05, 0.1) is 12.5 Å². The quantitative estimate of drug-likeness (QED) is 0.898. The molecule has 114 valence electrons. The molecule has 0 radical (unpaired) electrons. The Balaban J connectivity index is 1.64. The fourth-order valence-corrected chi connectivity index (χ4v) is 2.41. The first-order valence-electron chi connectivity index (χ1n) is 7.10. The van der Waals surface area contributed by atoms with E-state index in [2.05, 4.69) is 20.7 Å². The molecule has 0 bridgehead atoms. The van der Waals surface area contributed by atoms with Crippen LogP contribution < -0.4 is 10.6 Å². The fraction of sp³-hybridized carbons (Fsp3) is 0.333. The summed E-state index contributed by atoms with van der Waals surface area (Å²) in [6, 6.07) is 7.53. The summed E-state index contributed by atoms with van der Waals surface area (Å²) >= 11 is 0. The zero-order valence-electron chi connectivity index (χ0n) is 12.5. The lowest BCUT2D eigenvalue weighted by molar-refractivity contribution is -0.125. The van der Waals surface area contributed by atoms with Crippen molar-refractivity contribution in [2.75, 3.05) is 10.6 Å². The summed E-state index contributed by atoms with van der Waals surface area (Å²) in [4.78, 5) is 28.2. The van der Waals surface area contributed by atoms with Crippen molar-refractivity contribution in [2.24, 2.45) is 5.92 Å². The van der Waals surface area contributed by atoms with Crippen LogP contribution in [0.2, 0.25) is 0 Å². The highest BCUT2D eigenvalue weighted by atomic mass is 16.2. The number of carbonyl (C=O) groups excluding carboxylic acids is 2. The molecule has 3 rings (SSSR count). The summed E-state index contributed by atoms with van der Waals surface area (Å²) in [7, 11) is 0. The normalized spacial score (nSPS) is 16.8. The molecule has 0 saturated carbocycles. The van der Waals surface area contributed by atoms with Crippen molar-refractivity contribution in [1.29, 1.82) is 0 Å². The molecule has 0 unspecified atom stereocenters. The van der Waals surface area contributed by atoms with Crippen molar-refractivity contribution in [1.82, 2.24) is 14.8 Å². The Morgan fingerprint density at radius 2 is 2.09 bits per heavy atom. The molecule has 1 aliphatic heterocycles. The van der Waals surface area contributed by atoms with E-state index in [0.717, 1.165) is 11.3 Å². The first-order valence-corrected chi connectivity index (χ1v) is 7.10. The van der Waals surface area contributed by atoms with E-state index in [1.807, 2.05) is 31.2 Å². The van der Waals surface area contributed by atoms with Gasteiger partial charge in [0.2, 0.25) is 17.8 Å². The molecular weight excluding hydrogens is 282 g/mol. The molecule has 1 aliphatic rings. The molecule has 1 atom stereocenters. The Labute approximate surface area is 127 Å². The SMILES string of the molecule is Cc1ccc(NC(=O)C[C@@H]2Cn3nc(C)nc3NC2=O)cc1. The van der Waals surface area contributed by atoms with Gasteiger partial charge in [-0.05, 0) is 26.0 Å². The molecule has 0 fully saturated rings. The lowest BCUT2D eigenvalue weighted by atomic mass is 10.0. The van der Waals surface area contributed by atoms with Crippen LogP contribution in [0.5, 0.6) is 0 Å². The maximum absolute atomic E-state index is 12.1. The Morgan fingerprint density at radius 1 is 1.36 bits per heavy atom. The zero-order chi connectivity index (χ0) is 15.7. The number of hydrogen-bond donors (Lipinski definition) is 2. The molecule has 0 spiro atoms. The molecule has 1 aromatic heterocycles. The Morgan fingerprint density at radius 3 is 2.82 bits per heavy atom. The van der Waals surface area contributed by atoms with Crippen molar-refractivity contribution >= 4 is 23.5 Å². The Hall–Kier alpha value is -2.70. The number of aromatic nitrogens is 3. The summed E-state index contributed by atoms with van der Waals surface area (Å²) in [6.45, 7) is 4.11. The van der Waals surface area contributed by atoms with Crippen LogP contribution in [0.1, 0.15) is 17.8 Å². The van der Waals surface area contributed by atoms with E-state index in [9.17, 15) is 9.59 Å². The lowest BCUT2D eigenvalue weighted by Gasteiger charge is -2.21. The third kappa shape index (κ3) is 2.98. The highest BCUT2D eigenvalue weighted by molar-refractivity contribution is 5.98. The molecule has 7 nitrogen and oxygen atoms in total. The van der Waals surface area contributed by atoms with Crippen LogP contribution >= 0.6 is 0 Å². The molecule has 22 heavy (non-hydrogen) atoms. The summed E-state index contributed by atoms with van der Waals surface area (Å²) < 4.78 is 1.63. The summed E-state index contributed by atoms with van der Waals surface area (Å²) in [6.07, 6.45) is 0.109. The molecule has 2 aromatic rings. The molecule has 2 amide bonds. The number of anilines is 2. The van der Waals surface area contributed by atoms with Crippen LogP contribution in [0.4, 0.5) is 11.6 Å². The van der Waals surface area contributed by atoms with Gasteiger partial charge in [-0.3, -0.25) is 14.9 Å². The van der Waals surface area contributed by atoms with Gasteiger partial charge in [-0.1, -0.05) is 17.7 Å². The number of nitrogens with zero attached hydrogens (tertiary/aromatic N) is 3. The summed E-state index contributed by atoms with van der Waals surface area (Å²) in [5, 5.41) is 9.68. The largest absolute Gasteiger partial charge is 0.326 e. The van der Waals surface area contributed by atoms with Crippen LogP contribution in [0.25, 0.3) is 0 Å². The number of nitrogens with one attached hydrogen (secondary N) is 2. The maximum atomic E-state index is 12.1. The van der Waals surface area contributed by atoms with Gasteiger partial charge in [-0.25, -0.2) is 4.68 Å². The second kappa shape index (κ2) is 5.59. The third-order valence-corrected chi connectivity index (χ3v) is 3.54. The Bertz CT molecular complexity index is 720. The van der Waals surface area contributed by atoms with E-state index in [1.54, 1.807) is 11.6 Å². The van der Waals surface area contributed by atoms with Crippen LogP contribution in [-0.4, -0.2) is 26.6 Å². The monoisotopic (exact) mass is 299 g/mol. The van der Waals surface area contributed by atoms with Gasteiger partial charge in [0.1, 0.15) is 5.82 Å². The van der Waals surface area contributed by atoms with E-state index in [4.69, 9.17) is 0 Å². The van der Waals surface area contributed by atoms with E-state index in [1.165, 1.54) is 0 Å². The van der Waals surface area contributed by atoms with Crippen molar-refractivity contribution in [3.05, 3.63) is 35.7 Å². The topological polar surface area (TPSA) is 88.9 Å². The average Bonchev–Trinajstić information content (AvgIpc) is 2.81. The molecule has 1 aromatic carbocycles. The molecule has 2 N–H and O–H groups in total. The van der Waals surface area contributed by atoms with E-state index >= 15 is 0 Å². The minimum Gasteiger partial charge on any atom is -0.326 e. The first-order chi connectivity index (χ1) is 10.5. The van der Waals surface area contributed by atoms with Crippen molar-refractivity contribution < 1.29 is 9.59 Å². The molecule has 0 saturated heterocycles. The molecule has 7 heteroatoms.